The van der Waals surface area contributed by atoms with Gasteiger partial charge in [-0.3, -0.25) is 9.47 Å². The summed E-state index contributed by atoms with van der Waals surface area (Å²) in [7, 11) is 2.09. The van der Waals surface area contributed by atoms with E-state index in [2.05, 4.69) is 45.9 Å². The Morgan fingerprint density at radius 1 is 1.00 bits per heavy atom. The number of likely N-dealkylation sites (tertiary alicyclic amines) is 1. The Morgan fingerprint density at radius 2 is 1.76 bits per heavy atom. The van der Waals surface area contributed by atoms with E-state index in [0.717, 1.165) is 84.2 Å². The van der Waals surface area contributed by atoms with E-state index in [4.69, 9.17) is 24.7 Å². The second-order valence-corrected chi connectivity index (χ2v) is 10.7. The first-order valence-corrected chi connectivity index (χ1v) is 13.8. The molecule has 0 spiro atoms. The van der Waals surface area contributed by atoms with Crippen LogP contribution in [0.25, 0.3) is 28.1 Å². The summed E-state index contributed by atoms with van der Waals surface area (Å²) in [5.41, 5.74) is 3.70. The third-order valence-electron chi connectivity index (χ3n) is 8.47. The highest BCUT2D eigenvalue weighted by atomic mass is 16.5. The standard InChI is InChI=1S/C28H38N8O/c1-5-19(2)21-10-12-34(13-11-21)18-24-30-25-26(33(24)4)31-28(32-27(25)35-14-16-37-17-15-35)36-20(3)29-22-8-6-7-9-23(22)36/h6-9,19,21H,5,10-18H2,1-4H3. The number of imidazole rings is 2. The summed E-state index contributed by atoms with van der Waals surface area (Å²) in [4.78, 5) is 24.9. The highest BCUT2D eigenvalue weighted by Gasteiger charge is 2.27. The normalized spacial score (nSPS) is 18.8. The lowest BCUT2D eigenvalue weighted by molar-refractivity contribution is 0.122. The Bertz CT molecular complexity index is 1390. The summed E-state index contributed by atoms with van der Waals surface area (Å²) in [6, 6.07) is 8.16. The van der Waals surface area contributed by atoms with Crippen molar-refractivity contribution < 1.29 is 4.74 Å². The van der Waals surface area contributed by atoms with Crippen LogP contribution in [0.5, 0.6) is 0 Å². The van der Waals surface area contributed by atoms with Gasteiger partial charge in [0.05, 0.1) is 30.8 Å². The van der Waals surface area contributed by atoms with Crippen LogP contribution in [0.4, 0.5) is 5.82 Å². The smallest absolute Gasteiger partial charge is 0.239 e. The molecule has 0 saturated carbocycles. The van der Waals surface area contributed by atoms with E-state index in [-0.39, 0.29) is 0 Å². The highest BCUT2D eigenvalue weighted by Crippen LogP contribution is 2.30. The molecule has 5 heterocycles. The maximum atomic E-state index is 5.64. The number of benzene rings is 1. The zero-order valence-electron chi connectivity index (χ0n) is 22.5. The fourth-order valence-electron chi connectivity index (χ4n) is 5.93. The second-order valence-electron chi connectivity index (χ2n) is 10.7. The first-order valence-electron chi connectivity index (χ1n) is 13.8. The predicted molar refractivity (Wildman–Crippen MR) is 146 cm³/mol. The molecule has 2 fully saturated rings. The van der Waals surface area contributed by atoms with Crippen LogP contribution in [0, 0.1) is 18.8 Å². The van der Waals surface area contributed by atoms with Crippen molar-refractivity contribution in [1.82, 2.24) is 34.0 Å². The molecule has 0 amide bonds. The lowest BCUT2D eigenvalue weighted by atomic mass is 9.84. The van der Waals surface area contributed by atoms with Gasteiger partial charge in [-0.05, 0) is 56.8 Å². The maximum Gasteiger partial charge on any atom is 0.239 e. The second kappa shape index (κ2) is 10.0. The molecule has 2 aliphatic heterocycles. The van der Waals surface area contributed by atoms with Gasteiger partial charge in [-0.2, -0.15) is 9.97 Å². The molecule has 196 valence electrons. The summed E-state index contributed by atoms with van der Waals surface area (Å²) < 4.78 is 9.87. The van der Waals surface area contributed by atoms with Crippen LogP contribution >= 0.6 is 0 Å². The monoisotopic (exact) mass is 502 g/mol. The molecule has 0 radical (unpaired) electrons. The molecule has 1 aromatic carbocycles. The lowest BCUT2D eigenvalue weighted by Crippen LogP contribution is -2.37. The van der Waals surface area contributed by atoms with Gasteiger partial charge >= 0.3 is 0 Å². The van der Waals surface area contributed by atoms with Crippen LogP contribution in [0.2, 0.25) is 0 Å². The van der Waals surface area contributed by atoms with Crippen LogP contribution in [0.1, 0.15) is 44.8 Å². The molecule has 0 aliphatic carbocycles. The molecule has 2 aliphatic rings. The van der Waals surface area contributed by atoms with E-state index in [1.165, 1.54) is 19.3 Å². The summed E-state index contributed by atoms with van der Waals surface area (Å²) in [6.07, 6.45) is 3.82. The number of nitrogens with zero attached hydrogens (tertiary/aromatic N) is 8. The minimum atomic E-state index is 0.643. The summed E-state index contributed by atoms with van der Waals surface area (Å²) in [5.74, 6) is 5.11. The first kappa shape index (κ1) is 24.3. The number of rotatable bonds is 6. The van der Waals surface area contributed by atoms with Gasteiger partial charge < -0.3 is 14.2 Å². The molecule has 4 aromatic rings. The highest BCUT2D eigenvalue weighted by molar-refractivity contribution is 5.86. The van der Waals surface area contributed by atoms with Crippen molar-refractivity contribution in [2.45, 2.75) is 46.6 Å². The Morgan fingerprint density at radius 3 is 2.51 bits per heavy atom. The van der Waals surface area contributed by atoms with Crippen molar-refractivity contribution in [1.29, 1.82) is 0 Å². The van der Waals surface area contributed by atoms with Crippen LogP contribution in [-0.4, -0.2) is 73.4 Å². The van der Waals surface area contributed by atoms with Crippen molar-refractivity contribution in [3.8, 4) is 5.95 Å². The third-order valence-corrected chi connectivity index (χ3v) is 8.47. The van der Waals surface area contributed by atoms with Crippen LogP contribution in [0.3, 0.4) is 0 Å². The number of para-hydroxylation sites is 2. The average Bonchev–Trinajstić information content (AvgIpc) is 3.44. The molecule has 0 N–H and O–H groups in total. The topological polar surface area (TPSA) is 77.1 Å². The van der Waals surface area contributed by atoms with E-state index >= 15 is 0 Å². The van der Waals surface area contributed by atoms with Crippen LogP contribution in [0.15, 0.2) is 24.3 Å². The van der Waals surface area contributed by atoms with Gasteiger partial charge in [0.15, 0.2) is 17.0 Å². The molecule has 6 rings (SSSR count). The number of fused-ring (bicyclic) bond motifs is 2. The zero-order chi connectivity index (χ0) is 25.5. The van der Waals surface area contributed by atoms with E-state index < -0.39 is 0 Å². The van der Waals surface area contributed by atoms with Crippen molar-refractivity contribution >= 4 is 28.0 Å². The van der Waals surface area contributed by atoms with Crippen molar-refractivity contribution in [3.05, 3.63) is 35.9 Å². The minimum Gasteiger partial charge on any atom is -0.378 e. The first-order chi connectivity index (χ1) is 18.0. The summed E-state index contributed by atoms with van der Waals surface area (Å²) in [5, 5.41) is 0. The number of anilines is 1. The fraction of sp³-hybridized carbons (Fsp3) is 0.571. The van der Waals surface area contributed by atoms with Gasteiger partial charge in [0.25, 0.3) is 0 Å². The molecule has 0 bridgehead atoms. The molecule has 3 aromatic heterocycles. The Kier molecular flexibility index (Phi) is 6.58. The molecule has 1 unspecified atom stereocenters. The van der Waals surface area contributed by atoms with Gasteiger partial charge in [-0.25, -0.2) is 9.97 Å². The quantitative estimate of drug-likeness (QED) is 0.393. The molecule has 9 nitrogen and oxygen atoms in total. The largest absolute Gasteiger partial charge is 0.378 e. The third kappa shape index (κ3) is 4.48. The van der Waals surface area contributed by atoms with Crippen LogP contribution < -0.4 is 4.90 Å². The van der Waals surface area contributed by atoms with Gasteiger partial charge in [0.2, 0.25) is 5.95 Å². The number of aryl methyl sites for hydroxylation is 2. The minimum absolute atomic E-state index is 0.643. The maximum absolute atomic E-state index is 5.64. The van der Waals surface area contributed by atoms with Gasteiger partial charge in [0.1, 0.15) is 11.6 Å². The number of aromatic nitrogens is 6. The summed E-state index contributed by atoms with van der Waals surface area (Å²) in [6.45, 7) is 12.8. The predicted octanol–water partition coefficient (Wildman–Crippen LogP) is 4.11. The Balaban J connectivity index is 1.39. The number of ether oxygens (including phenoxy) is 1. The molecular weight excluding hydrogens is 464 g/mol. The van der Waals surface area contributed by atoms with E-state index in [1.807, 2.05) is 25.1 Å². The molecular formula is C28H38N8O. The van der Waals surface area contributed by atoms with Crippen LogP contribution in [-0.2, 0) is 18.3 Å². The summed E-state index contributed by atoms with van der Waals surface area (Å²) >= 11 is 0. The molecule has 37 heavy (non-hydrogen) atoms. The zero-order valence-corrected chi connectivity index (χ0v) is 22.5. The Labute approximate surface area is 218 Å². The van der Waals surface area contributed by atoms with Gasteiger partial charge in [-0.15, -0.1) is 0 Å². The van der Waals surface area contributed by atoms with E-state index in [1.54, 1.807) is 0 Å². The molecule has 9 heteroatoms. The fourth-order valence-corrected chi connectivity index (χ4v) is 5.93. The Hall–Kier alpha value is -3.04. The number of hydrogen-bond acceptors (Lipinski definition) is 7. The number of hydrogen-bond donors (Lipinski definition) is 0. The molecule has 1 atom stereocenters. The van der Waals surface area contributed by atoms with Gasteiger partial charge in [0, 0.05) is 20.1 Å². The number of morpholine rings is 1. The average molecular weight is 503 g/mol. The van der Waals surface area contributed by atoms with E-state index in [9.17, 15) is 0 Å². The van der Waals surface area contributed by atoms with Crippen molar-refractivity contribution in [2.75, 3.05) is 44.3 Å². The van der Waals surface area contributed by atoms with Crippen molar-refractivity contribution in [2.24, 2.45) is 18.9 Å². The van der Waals surface area contributed by atoms with Crippen molar-refractivity contribution in [3.63, 3.8) is 0 Å². The molecule has 2 saturated heterocycles. The SMILES string of the molecule is CCC(C)C1CCN(Cc2nc3c(N4CCOCC4)nc(-n4c(C)nc5ccccc54)nc3n2C)CC1. The number of piperidine rings is 1. The van der Waals surface area contributed by atoms with E-state index in [0.29, 0.717) is 19.2 Å². The lowest BCUT2D eigenvalue weighted by Gasteiger charge is -2.34. The van der Waals surface area contributed by atoms with Gasteiger partial charge in [-0.1, -0.05) is 32.4 Å².